The fourth-order valence-corrected chi connectivity index (χ4v) is 5.96. The van der Waals surface area contributed by atoms with Crippen LogP contribution in [0.4, 0.5) is 14.5 Å². The Morgan fingerprint density at radius 2 is 1.89 bits per heavy atom. The largest absolute Gasteiger partial charge is 0.355 e. The van der Waals surface area contributed by atoms with Gasteiger partial charge >= 0.3 is 0 Å². The Hall–Kier alpha value is -3.08. The average molecular weight is 536 g/mol. The van der Waals surface area contributed by atoms with Crippen molar-refractivity contribution < 1.29 is 26.5 Å². The molecule has 1 N–H and O–H groups in total. The summed E-state index contributed by atoms with van der Waals surface area (Å²) in [5.41, 5.74) is 1.61. The van der Waals surface area contributed by atoms with Gasteiger partial charge in [0.05, 0.1) is 0 Å². The van der Waals surface area contributed by atoms with Crippen molar-refractivity contribution in [3.8, 4) is 0 Å². The van der Waals surface area contributed by atoms with Crippen LogP contribution < -0.4 is 5.32 Å². The van der Waals surface area contributed by atoms with Crippen LogP contribution in [0.5, 0.6) is 0 Å². The molecule has 1 amide bonds. The van der Waals surface area contributed by atoms with Gasteiger partial charge in [0.2, 0.25) is 15.9 Å². The van der Waals surface area contributed by atoms with Gasteiger partial charge in [-0.15, -0.1) is 0 Å². The number of benzene rings is 2. The van der Waals surface area contributed by atoms with Crippen LogP contribution in [0.15, 0.2) is 45.8 Å². The number of sulfonamides is 1. The summed E-state index contributed by atoms with van der Waals surface area (Å²) in [5.74, 6) is -2.13. The zero-order valence-electron chi connectivity index (χ0n) is 19.6. The van der Waals surface area contributed by atoms with E-state index >= 15 is 0 Å². The minimum Gasteiger partial charge on any atom is -0.355 e. The van der Waals surface area contributed by atoms with Crippen molar-refractivity contribution in [2.24, 2.45) is 5.92 Å². The van der Waals surface area contributed by atoms with Crippen LogP contribution in [-0.2, 0) is 14.8 Å². The Bertz CT molecular complexity index is 1430. The van der Waals surface area contributed by atoms with Gasteiger partial charge in [-0.3, -0.25) is 4.79 Å². The van der Waals surface area contributed by atoms with Gasteiger partial charge in [-0.25, -0.2) is 17.2 Å². The summed E-state index contributed by atoms with van der Waals surface area (Å²) in [7, 11) is -4.00. The highest BCUT2D eigenvalue weighted by molar-refractivity contribution is 7.89. The number of nitrogens with zero attached hydrogens (tertiary/aromatic N) is 2. The number of aryl methyl sites for hydroxylation is 1. The molecule has 0 atom stereocenters. The van der Waals surface area contributed by atoms with E-state index in [4.69, 9.17) is 16.1 Å². The van der Waals surface area contributed by atoms with E-state index in [0.29, 0.717) is 23.6 Å². The van der Waals surface area contributed by atoms with Crippen LogP contribution in [0.1, 0.15) is 35.4 Å². The number of anilines is 1. The number of amides is 1. The summed E-state index contributed by atoms with van der Waals surface area (Å²) in [5, 5.41) is 7.20. The molecule has 0 bridgehead atoms. The maximum Gasteiger partial charge on any atom is 0.248 e. The molecule has 7 nitrogen and oxygen atoms in total. The summed E-state index contributed by atoms with van der Waals surface area (Å²) in [6, 6.07) is 8.32. The molecule has 2 aromatic carbocycles. The standard InChI is InChI=1S/C25H24ClF2N3O4S/c1-15-20(26)4-3-5-22(15)29-25(32)18-10-12-31(13-11-18)36(33,34)24-16(2)30-35-23(24)9-7-17-6-8-19(27)14-21(17)28/h3-9,14,18H,10-13H2,1-2H3,(H,29,32)/b9-7+. The van der Waals surface area contributed by atoms with Crippen molar-refractivity contribution in [2.75, 3.05) is 18.4 Å². The van der Waals surface area contributed by atoms with Crippen molar-refractivity contribution in [3.63, 3.8) is 0 Å². The third-order valence-corrected chi connectivity index (χ3v) is 8.63. The van der Waals surface area contributed by atoms with E-state index in [-0.39, 0.29) is 46.8 Å². The second-order valence-electron chi connectivity index (χ2n) is 8.54. The van der Waals surface area contributed by atoms with Gasteiger partial charge in [0.15, 0.2) is 10.7 Å². The Kier molecular flexibility index (Phi) is 7.58. The van der Waals surface area contributed by atoms with Crippen LogP contribution in [0.3, 0.4) is 0 Å². The van der Waals surface area contributed by atoms with Crippen LogP contribution in [-0.4, -0.2) is 36.9 Å². The van der Waals surface area contributed by atoms with E-state index in [1.165, 1.54) is 29.4 Å². The highest BCUT2D eigenvalue weighted by atomic mass is 35.5. The number of piperidine rings is 1. The van der Waals surface area contributed by atoms with Crippen molar-refractivity contribution in [3.05, 3.63) is 75.6 Å². The van der Waals surface area contributed by atoms with Gasteiger partial charge in [0, 0.05) is 41.3 Å². The quantitative estimate of drug-likeness (QED) is 0.454. The molecule has 4 rings (SSSR count). The average Bonchev–Trinajstić information content (AvgIpc) is 3.22. The third-order valence-electron chi connectivity index (χ3n) is 6.16. The van der Waals surface area contributed by atoms with Crippen molar-refractivity contribution in [1.29, 1.82) is 0 Å². The number of carbonyl (C=O) groups excluding carboxylic acids is 1. The molecule has 3 aromatic rings. The minimum atomic E-state index is -4.00. The molecule has 0 aliphatic carbocycles. The number of nitrogens with one attached hydrogen (secondary N) is 1. The number of hydrogen-bond acceptors (Lipinski definition) is 5. The van der Waals surface area contributed by atoms with Crippen LogP contribution in [0, 0.1) is 31.4 Å². The predicted octanol–water partition coefficient (Wildman–Crippen LogP) is 5.43. The molecular formula is C25H24ClF2N3O4S. The molecule has 1 fully saturated rings. The van der Waals surface area contributed by atoms with Crippen LogP contribution in [0.2, 0.25) is 5.02 Å². The highest BCUT2D eigenvalue weighted by Gasteiger charge is 2.36. The number of hydrogen-bond donors (Lipinski definition) is 1. The number of aromatic nitrogens is 1. The summed E-state index contributed by atoms with van der Waals surface area (Å²) in [6.07, 6.45) is 3.25. The molecule has 36 heavy (non-hydrogen) atoms. The second-order valence-corrected chi connectivity index (χ2v) is 10.8. The van der Waals surface area contributed by atoms with Crippen LogP contribution >= 0.6 is 11.6 Å². The molecule has 190 valence electrons. The first kappa shape index (κ1) is 26.0. The first-order valence-electron chi connectivity index (χ1n) is 11.2. The third kappa shape index (κ3) is 5.35. The Morgan fingerprint density at radius 1 is 1.17 bits per heavy atom. The van der Waals surface area contributed by atoms with Gasteiger partial charge in [0.1, 0.15) is 17.3 Å². The Morgan fingerprint density at radius 3 is 2.58 bits per heavy atom. The summed E-state index contributed by atoms with van der Waals surface area (Å²) in [6.45, 7) is 3.58. The lowest BCUT2D eigenvalue weighted by molar-refractivity contribution is -0.120. The Labute approximate surface area is 212 Å². The van der Waals surface area contributed by atoms with E-state index in [2.05, 4.69) is 10.5 Å². The molecule has 0 radical (unpaired) electrons. The number of rotatable bonds is 6. The summed E-state index contributed by atoms with van der Waals surface area (Å²) < 4.78 is 60.4. The summed E-state index contributed by atoms with van der Waals surface area (Å²) >= 11 is 6.12. The van der Waals surface area contributed by atoms with Crippen molar-refractivity contribution in [2.45, 2.75) is 31.6 Å². The molecule has 1 aliphatic heterocycles. The fraction of sp³-hybridized carbons (Fsp3) is 0.280. The van der Waals surface area contributed by atoms with Crippen molar-refractivity contribution >= 4 is 45.4 Å². The maximum absolute atomic E-state index is 14.0. The van der Waals surface area contributed by atoms with E-state index in [1.807, 2.05) is 6.92 Å². The zero-order chi connectivity index (χ0) is 26.0. The van der Waals surface area contributed by atoms with Gasteiger partial charge in [0.25, 0.3) is 0 Å². The Balaban J connectivity index is 1.47. The van der Waals surface area contributed by atoms with Crippen LogP contribution in [0.25, 0.3) is 12.2 Å². The lowest BCUT2D eigenvalue weighted by atomic mass is 9.97. The van der Waals surface area contributed by atoms with E-state index < -0.39 is 21.7 Å². The lowest BCUT2D eigenvalue weighted by Gasteiger charge is -2.30. The smallest absolute Gasteiger partial charge is 0.248 e. The molecule has 1 aromatic heterocycles. The molecule has 11 heteroatoms. The van der Waals surface area contributed by atoms with Gasteiger partial charge in [-0.05, 0) is 68.7 Å². The zero-order valence-corrected chi connectivity index (χ0v) is 21.2. The first-order chi connectivity index (χ1) is 17.1. The molecule has 1 aliphatic rings. The first-order valence-corrected chi connectivity index (χ1v) is 13.0. The molecule has 2 heterocycles. The predicted molar refractivity (Wildman–Crippen MR) is 133 cm³/mol. The van der Waals surface area contributed by atoms with E-state index in [0.717, 1.165) is 17.7 Å². The molecule has 1 saturated heterocycles. The topological polar surface area (TPSA) is 92.5 Å². The van der Waals surface area contributed by atoms with E-state index in [9.17, 15) is 22.0 Å². The SMILES string of the molecule is Cc1noc(/C=C/c2ccc(F)cc2F)c1S(=O)(=O)N1CCC(C(=O)Nc2cccc(Cl)c2C)CC1. The van der Waals surface area contributed by atoms with E-state index in [1.54, 1.807) is 18.2 Å². The molecular weight excluding hydrogens is 512 g/mol. The van der Waals surface area contributed by atoms with Gasteiger partial charge in [-0.1, -0.05) is 22.8 Å². The molecule has 0 spiro atoms. The minimum absolute atomic E-state index is 0.0625. The second kappa shape index (κ2) is 10.5. The monoisotopic (exact) mass is 535 g/mol. The molecule has 0 unspecified atom stereocenters. The number of carbonyl (C=O) groups is 1. The fourth-order valence-electron chi connectivity index (χ4n) is 4.07. The summed E-state index contributed by atoms with van der Waals surface area (Å²) in [4.78, 5) is 12.7. The lowest BCUT2D eigenvalue weighted by Crippen LogP contribution is -2.41. The van der Waals surface area contributed by atoms with Gasteiger partial charge < -0.3 is 9.84 Å². The maximum atomic E-state index is 14.0. The highest BCUT2D eigenvalue weighted by Crippen LogP contribution is 2.30. The normalized spacial score (nSPS) is 15.5. The van der Waals surface area contributed by atoms with Crippen molar-refractivity contribution in [1.82, 2.24) is 9.46 Å². The molecule has 0 saturated carbocycles. The number of halogens is 3. The van der Waals surface area contributed by atoms with Gasteiger partial charge in [-0.2, -0.15) is 4.31 Å².